The molecule has 2 amide bonds. The number of urea groups is 1. The van der Waals surface area contributed by atoms with Gasteiger partial charge in [0, 0.05) is 7.05 Å². The molecule has 0 aliphatic heterocycles. The number of carboxylic acid groups (broad SMARTS) is 2. The van der Waals surface area contributed by atoms with Gasteiger partial charge in [0.25, 0.3) is 0 Å². The minimum absolute atomic E-state index is 0.277. The predicted octanol–water partition coefficient (Wildman–Crippen LogP) is -1.06. The molecule has 0 radical (unpaired) electrons. The number of carbonyl (C=O) groups excluding carboxylic acids is 1. The Bertz CT molecular complexity index is 306. The highest BCUT2D eigenvalue weighted by Gasteiger charge is 2.25. The molecule has 0 fully saturated rings. The van der Waals surface area contributed by atoms with Gasteiger partial charge in [0.05, 0.1) is 19.1 Å². The van der Waals surface area contributed by atoms with Crippen LogP contribution in [-0.4, -0.2) is 63.9 Å². The number of amides is 2. The Balaban J connectivity index is 4.50. The van der Waals surface area contributed by atoms with Crippen molar-refractivity contribution in [2.75, 3.05) is 13.7 Å². The van der Waals surface area contributed by atoms with Crippen LogP contribution in [0.25, 0.3) is 0 Å². The molecular formula is C9H16N2O6. The van der Waals surface area contributed by atoms with Crippen LogP contribution >= 0.6 is 0 Å². The molecule has 0 aliphatic carbocycles. The van der Waals surface area contributed by atoms with Gasteiger partial charge in [-0.1, -0.05) is 0 Å². The SMILES string of the molecule is CC(CO)N(C)C(=O)NC(CC(=O)O)C(=O)O. The zero-order valence-electron chi connectivity index (χ0n) is 9.58. The van der Waals surface area contributed by atoms with Crippen LogP contribution in [0.4, 0.5) is 4.79 Å². The average Bonchev–Trinajstić information content (AvgIpc) is 2.25. The van der Waals surface area contributed by atoms with Gasteiger partial charge in [-0.2, -0.15) is 0 Å². The molecule has 0 heterocycles. The third kappa shape index (κ3) is 5.16. The van der Waals surface area contributed by atoms with Gasteiger partial charge >= 0.3 is 18.0 Å². The Morgan fingerprint density at radius 1 is 1.29 bits per heavy atom. The highest BCUT2D eigenvalue weighted by atomic mass is 16.4. The number of aliphatic hydroxyl groups is 1. The number of hydrogen-bond donors (Lipinski definition) is 4. The van der Waals surface area contributed by atoms with Crippen molar-refractivity contribution in [1.29, 1.82) is 0 Å². The largest absolute Gasteiger partial charge is 0.481 e. The lowest BCUT2D eigenvalue weighted by Crippen LogP contribution is -2.50. The van der Waals surface area contributed by atoms with E-state index in [1.54, 1.807) is 6.92 Å². The molecule has 17 heavy (non-hydrogen) atoms. The number of aliphatic hydroxyl groups excluding tert-OH is 1. The van der Waals surface area contributed by atoms with E-state index in [1.807, 2.05) is 0 Å². The topological polar surface area (TPSA) is 127 Å². The molecule has 4 N–H and O–H groups in total. The second-order valence-corrected chi connectivity index (χ2v) is 3.58. The van der Waals surface area contributed by atoms with Crippen LogP contribution in [-0.2, 0) is 9.59 Å². The maximum Gasteiger partial charge on any atom is 0.326 e. The first kappa shape index (κ1) is 15.2. The van der Waals surface area contributed by atoms with Crippen molar-refractivity contribution in [3.63, 3.8) is 0 Å². The van der Waals surface area contributed by atoms with Gasteiger partial charge in [-0.15, -0.1) is 0 Å². The van der Waals surface area contributed by atoms with Crippen molar-refractivity contribution < 1.29 is 29.7 Å². The molecular weight excluding hydrogens is 232 g/mol. The number of carboxylic acids is 2. The first-order valence-electron chi connectivity index (χ1n) is 4.88. The van der Waals surface area contributed by atoms with Gasteiger partial charge in [-0.3, -0.25) is 4.79 Å². The average molecular weight is 248 g/mol. The van der Waals surface area contributed by atoms with Crippen LogP contribution in [0, 0.1) is 0 Å². The summed E-state index contributed by atoms with van der Waals surface area (Å²) in [6, 6.07) is -2.73. The van der Waals surface area contributed by atoms with Gasteiger partial charge in [0.2, 0.25) is 0 Å². The number of nitrogens with zero attached hydrogens (tertiary/aromatic N) is 1. The smallest absolute Gasteiger partial charge is 0.326 e. The first-order chi connectivity index (χ1) is 7.79. The van der Waals surface area contributed by atoms with E-state index in [9.17, 15) is 14.4 Å². The molecule has 8 nitrogen and oxygen atoms in total. The molecule has 0 aromatic rings. The fraction of sp³-hybridized carbons (Fsp3) is 0.667. The molecule has 0 rings (SSSR count). The van der Waals surface area contributed by atoms with Gasteiger partial charge in [0.15, 0.2) is 0 Å². The summed E-state index contributed by atoms with van der Waals surface area (Å²) in [6.07, 6.45) is -0.706. The Kier molecular flexibility index (Phi) is 5.97. The molecule has 98 valence electrons. The van der Waals surface area contributed by atoms with Gasteiger partial charge in [-0.25, -0.2) is 9.59 Å². The van der Waals surface area contributed by atoms with E-state index in [-0.39, 0.29) is 6.61 Å². The number of aliphatic carboxylic acids is 2. The first-order valence-corrected chi connectivity index (χ1v) is 4.88. The highest BCUT2D eigenvalue weighted by molar-refractivity contribution is 5.86. The maximum atomic E-state index is 11.5. The van der Waals surface area contributed by atoms with Crippen LogP contribution in [0.5, 0.6) is 0 Å². The normalized spacial score (nSPS) is 13.6. The van der Waals surface area contributed by atoms with Crippen molar-refractivity contribution in [1.82, 2.24) is 10.2 Å². The summed E-state index contributed by atoms with van der Waals surface area (Å²) in [7, 11) is 1.37. The summed E-state index contributed by atoms with van der Waals surface area (Å²) in [4.78, 5) is 33.7. The summed E-state index contributed by atoms with van der Waals surface area (Å²) in [6.45, 7) is 1.28. The van der Waals surface area contributed by atoms with Crippen molar-refractivity contribution in [2.45, 2.75) is 25.4 Å². The Morgan fingerprint density at radius 3 is 2.18 bits per heavy atom. The number of rotatable bonds is 6. The zero-order valence-corrected chi connectivity index (χ0v) is 9.58. The molecule has 8 heteroatoms. The quantitative estimate of drug-likeness (QED) is 0.474. The molecule has 0 spiro atoms. The van der Waals surface area contributed by atoms with Crippen LogP contribution in [0.3, 0.4) is 0 Å². The third-order valence-electron chi connectivity index (χ3n) is 2.22. The summed E-state index contributed by atoms with van der Waals surface area (Å²) < 4.78 is 0. The molecule has 0 saturated carbocycles. The summed E-state index contributed by atoms with van der Waals surface area (Å²) >= 11 is 0. The Hall–Kier alpha value is -1.83. The third-order valence-corrected chi connectivity index (χ3v) is 2.22. The number of nitrogens with one attached hydrogen (secondary N) is 1. The molecule has 2 unspecified atom stereocenters. The number of likely N-dealkylation sites (N-methyl/N-ethyl adjacent to an activating group) is 1. The summed E-state index contributed by atoms with van der Waals surface area (Å²) in [5.41, 5.74) is 0. The molecule has 0 bridgehead atoms. The fourth-order valence-corrected chi connectivity index (χ4v) is 0.948. The number of carbonyl (C=O) groups is 3. The van der Waals surface area contributed by atoms with E-state index in [4.69, 9.17) is 15.3 Å². The lowest BCUT2D eigenvalue weighted by Gasteiger charge is -2.25. The second-order valence-electron chi connectivity index (χ2n) is 3.58. The van der Waals surface area contributed by atoms with E-state index in [0.717, 1.165) is 4.90 Å². The van der Waals surface area contributed by atoms with E-state index < -0.39 is 36.5 Å². The van der Waals surface area contributed by atoms with Gasteiger partial charge < -0.3 is 25.5 Å². The molecule has 0 aliphatic rings. The molecule has 0 aromatic heterocycles. The Morgan fingerprint density at radius 2 is 1.82 bits per heavy atom. The molecule has 2 atom stereocenters. The lowest BCUT2D eigenvalue weighted by molar-refractivity contribution is -0.145. The summed E-state index contributed by atoms with van der Waals surface area (Å²) in [5, 5.41) is 28.0. The minimum Gasteiger partial charge on any atom is -0.481 e. The minimum atomic E-state index is -1.49. The van der Waals surface area contributed by atoms with Crippen molar-refractivity contribution in [2.24, 2.45) is 0 Å². The van der Waals surface area contributed by atoms with E-state index >= 15 is 0 Å². The lowest BCUT2D eigenvalue weighted by atomic mass is 10.2. The molecule has 0 aromatic carbocycles. The predicted molar refractivity (Wildman–Crippen MR) is 56.5 cm³/mol. The van der Waals surface area contributed by atoms with Crippen LogP contribution < -0.4 is 5.32 Å². The molecule has 0 saturated heterocycles. The maximum absolute atomic E-state index is 11.5. The zero-order chi connectivity index (χ0) is 13.6. The Labute approximate surface area is 97.8 Å². The van der Waals surface area contributed by atoms with Crippen molar-refractivity contribution in [3.8, 4) is 0 Å². The number of hydrogen-bond acceptors (Lipinski definition) is 4. The highest BCUT2D eigenvalue weighted by Crippen LogP contribution is 1.98. The van der Waals surface area contributed by atoms with Crippen LogP contribution in [0.15, 0.2) is 0 Å². The standard InChI is InChI=1S/C9H16N2O6/c1-5(4-12)11(2)9(17)10-6(8(15)16)3-7(13)14/h5-6,12H,3-4H2,1-2H3,(H,10,17)(H,13,14)(H,15,16). The monoisotopic (exact) mass is 248 g/mol. The van der Waals surface area contributed by atoms with Crippen molar-refractivity contribution >= 4 is 18.0 Å². The van der Waals surface area contributed by atoms with Crippen LogP contribution in [0.2, 0.25) is 0 Å². The van der Waals surface area contributed by atoms with E-state index in [1.165, 1.54) is 7.05 Å². The summed E-state index contributed by atoms with van der Waals surface area (Å²) in [5.74, 6) is -2.75. The fourth-order valence-electron chi connectivity index (χ4n) is 0.948. The van der Waals surface area contributed by atoms with E-state index in [2.05, 4.69) is 5.32 Å². The van der Waals surface area contributed by atoms with Crippen molar-refractivity contribution in [3.05, 3.63) is 0 Å². The van der Waals surface area contributed by atoms with Gasteiger partial charge in [0.1, 0.15) is 6.04 Å². The van der Waals surface area contributed by atoms with Gasteiger partial charge in [-0.05, 0) is 6.92 Å². The van der Waals surface area contributed by atoms with E-state index in [0.29, 0.717) is 0 Å². The second kappa shape index (κ2) is 6.69. The van der Waals surface area contributed by atoms with Crippen LogP contribution in [0.1, 0.15) is 13.3 Å².